The normalized spacial score (nSPS) is 17.3. The third kappa shape index (κ3) is 4.44. The summed E-state index contributed by atoms with van der Waals surface area (Å²) in [7, 11) is 0. The zero-order chi connectivity index (χ0) is 20.1. The van der Waals surface area contributed by atoms with Gasteiger partial charge in [0.1, 0.15) is 17.9 Å². The largest absolute Gasteiger partial charge is 0.376 e. The first-order valence-electron chi connectivity index (χ1n) is 9.90. The van der Waals surface area contributed by atoms with Crippen LogP contribution >= 0.6 is 0 Å². The maximum atomic E-state index is 12.6. The Morgan fingerprint density at radius 1 is 1.39 bits per heavy atom. The van der Waals surface area contributed by atoms with E-state index in [2.05, 4.69) is 30.4 Å². The van der Waals surface area contributed by atoms with Crippen molar-refractivity contribution in [2.45, 2.75) is 52.3 Å². The zero-order valence-corrected chi connectivity index (χ0v) is 16.9. The lowest BCUT2D eigenvalue weighted by atomic mass is 10.1. The highest BCUT2D eigenvalue weighted by atomic mass is 16.5. The standard InChI is InChI=1S/C22H28N4O2/c1-15-17(3)26(14-19-10-7-11-28-19)22(20(15)12-23)25-21(27)13-24-16(2)18-8-5-4-6-9-18/h4-6,8-9,16,19,24H,7,10-11,13-14H2,1-3H3,(H,25,27)/p+1/t16-,19-/m0/s1. The van der Waals surface area contributed by atoms with E-state index >= 15 is 0 Å². The Morgan fingerprint density at radius 3 is 2.79 bits per heavy atom. The van der Waals surface area contributed by atoms with Crippen LogP contribution in [0.2, 0.25) is 0 Å². The van der Waals surface area contributed by atoms with Gasteiger partial charge in [0.25, 0.3) is 5.91 Å². The highest BCUT2D eigenvalue weighted by Gasteiger charge is 2.24. The van der Waals surface area contributed by atoms with E-state index in [0.717, 1.165) is 30.7 Å². The molecule has 2 aromatic rings. The molecule has 3 rings (SSSR count). The minimum Gasteiger partial charge on any atom is -0.376 e. The third-order valence-electron chi connectivity index (χ3n) is 5.59. The number of quaternary nitrogens is 1. The molecule has 0 saturated carbocycles. The fourth-order valence-electron chi connectivity index (χ4n) is 3.71. The second-order valence-electron chi connectivity index (χ2n) is 7.48. The lowest BCUT2D eigenvalue weighted by Crippen LogP contribution is -2.86. The molecule has 1 aliphatic heterocycles. The first kappa shape index (κ1) is 20.1. The van der Waals surface area contributed by atoms with E-state index in [-0.39, 0.29) is 18.1 Å². The molecule has 3 N–H and O–H groups in total. The molecule has 1 aromatic carbocycles. The molecular weight excluding hydrogens is 352 g/mol. The van der Waals surface area contributed by atoms with E-state index in [0.29, 0.717) is 24.5 Å². The van der Waals surface area contributed by atoms with Crippen LogP contribution in [0.5, 0.6) is 0 Å². The number of anilines is 1. The number of hydrogen-bond acceptors (Lipinski definition) is 3. The fraction of sp³-hybridized carbons (Fsp3) is 0.455. The van der Waals surface area contributed by atoms with Crippen molar-refractivity contribution in [1.82, 2.24) is 4.57 Å². The Morgan fingerprint density at radius 2 is 2.14 bits per heavy atom. The molecule has 28 heavy (non-hydrogen) atoms. The predicted octanol–water partition coefficient (Wildman–Crippen LogP) is 2.42. The van der Waals surface area contributed by atoms with Crippen LogP contribution in [0.25, 0.3) is 0 Å². The van der Waals surface area contributed by atoms with Crippen LogP contribution in [0.15, 0.2) is 30.3 Å². The van der Waals surface area contributed by atoms with Crippen LogP contribution in [0, 0.1) is 25.2 Å². The molecule has 0 bridgehead atoms. The van der Waals surface area contributed by atoms with Gasteiger partial charge in [-0.25, -0.2) is 0 Å². The number of amides is 1. The van der Waals surface area contributed by atoms with Gasteiger partial charge in [-0.1, -0.05) is 30.3 Å². The Hall–Kier alpha value is -2.62. The van der Waals surface area contributed by atoms with Gasteiger partial charge in [0.2, 0.25) is 0 Å². The first-order valence-corrected chi connectivity index (χ1v) is 9.90. The Labute approximate surface area is 166 Å². The quantitative estimate of drug-likeness (QED) is 0.773. The van der Waals surface area contributed by atoms with E-state index in [4.69, 9.17) is 4.74 Å². The van der Waals surface area contributed by atoms with Crippen LogP contribution < -0.4 is 10.6 Å². The van der Waals surface area contributed by atoms with Crippen LogP contribution in [0.4, 0.5) is 5.82 Å². The molecule has 148 valence electrons. The van der Waals surface area contributed by atoms with Gasteiger partial charge in [-0.15, -0.1) is 0 Å². The average molecular weight is 382 g/mol. The first-order chi connectivity index (χ1) is 13.5. The lowest BCUT2D eigenvalue weighted by molar-refractivity contribution is -0.682. The Balaban J connectivity index is 1.70. The molecule has 1 aromatic heterocycles. The summed E-state index contributed by atoms with van der Waals surface area (Å²) in [6.07, 6.45) is 2.20. The third-order valence-corrected chi connectivity index (χ3v) is 5.59. The Bertz CT molecular complexity index is 861. The zero-order valence-electron chi connectivity index (χ0n) is 16.9. The van der Waals surface area contributed by atoms with Gasteiger partial charge in [0.05, 0.1) is 18.2 Å². The number of benzene rings is 1. The van der Waals surface area contributed by atoms with Gasteiger partial charge >= 0.3 is 0 Å². The number of hydrogen-bond donors (Lipinski definition) is 2. The van der Waals surface area contributed by atoms with Crippen LogP contribution in [-0.4, -0.2) is 29.7 Å². The summed E-state index contributed by atoms with van der Waals surface area (Å²) in [5.74, 6) is 0.490. The average Bonchev–Trinajstić information content (AvgIpc) is 3.30. The topological polar surface area (TPSA) is 83.7 Å². The van der Waals surface area contributed by atoms with Gasteiger partial charge in [0.15, 0.2) is 6.54 Å². The van der Waals surface area contributed by atoms with Gasteiger partial charge in [-0.05, 0) is 39.2 Å². The summed E-state index contributed by atoms with van der Waals surface area (Å²) in [5, 5.41) is 14.6. The number of carbonyl (C=O) groups is 1. The van der Waals surface area contributed by atoms with Crippen molar-refractivity contribution in [2.24, 2.45) is 0 Å². The Kier molecular flexibility index (Phi) is 6.50. The SMILES string of the molecule is Cc1c(C#N)c(NC(=O)C[NH2+][C@@H](C)c2ccccc2)n(C[C@@H]2CCCO2)c1C. The second-order valence-corrected chi connectivity index (χ2v) is 7.48. The van der Waals surface area contributed by atoms with Crippen molar-refractivity contribution in [2.75, 3.05) is 18.5 Å². The number of nitrogens with two attached hydrogens (primary N) is 1. The number of ether oxygens (including phenoxy) is 1. The van der Waals surface area contributed by atoms with Crippen molar-refractivity contribution in [1.29, 1.82) is 5.26 Å². The van der Waals surface area contributed by atoms with E-state index in [9.17, 15) is 10.1 Å². The van der Waals surface area contributed by atoms with Gasteiger partial charge < -0.3 is 19.9 Å². The number of nitrogens with one attached hydrogen (secondary N) is 1. The number of nitrogens with zero attached hydrogens (tertiary/aromatic N) is 2. The van der Waals surface area contributed by atoms with Crippen LogP contribution in [-0.2, 0) is 16.1 Å². The maximum absolute atomic E-state index is 12.6. The highest BCUT2D eigenvalue weighted by Crippen LogP contribution is 2.28. The van der Waals surface area contributed by atoms with Crippen molar-refractivity contribution >= 4 is 11.7 Å². The molecule has 1 fully saturated rings. The van der Waals surface area contributed by atoms with E-state index < -0.39 is 0 Å². The van der Waals surface area contributed by atoms with Crippen LogP contribution in [0.3, 0.4) is 0 Å². The number of aromatic nitrogens is 1. The summed E-state index contributed by atoms with van der Waals surface area (Å²) >= 11 is 0. The molecule has 0 aliphatic carbocycles. The maximum Gasteiger partial charge on any atom is 0.280 e. The van der Waals surface area contributed by atoms with Gasteiger partial charge in [0, 0.05) is 17.9 Å². The van der Waals surface area contributed by atoms with Crippen molar-refractivity contribution in [3.63, 3.8) is 0 Å². The predicted molar refractivity (Wildman–Crippen MR) is 108 cm³/mol. The molecule has 1 aliphatic rings. The minimum atomic E-state index is -0.106. The van der Waals surface area contributed by atoms with Crippen molar-refractivity contribution < 1.29 is 14.8 Å². The van der Waals surface area contributed by atoms with E-state index in [1.165, 1.54) is 5.56 Å². The number of carbonyl (C=O) groups excluding carboxylic acids is 1. The highest BCUT2D eigenvalue weighted by molar-refractivity contribution is 5.92. The molecule has 6 nitrogen and oxygen atoms in total. The monoisotopic (exact) mass is 381 g/mol. The van der Waals surface area contributed by atoms with Crippen molar-refractivity contribution in [3.8, 4) is 6.07 Å². The fourth-order valence-corrected chi connectivity index (χ4v) is 3.71. The van der Waals surface area contributed by atoms with Gasteiger partial charge in [-0.2, -0.15) is 5.26 Å². The minimum absolute atomic E-state index is 0.106. The van der Waals surface area contributed by atoms with E-state index in [1.807, 2.05) is 41.9 Å². The number of nitriles is 1. The molecule has 0 radical (unpaired) electrons. The van der Waals surface area contributed by atoms with Gasteiger partial charge in [-0.3, -0.25) is 4.79 Å². The molecular formula is C22H29N4O2+. The summed E-state index contributed by atoms with van der Waals surface area (Å²) in [4.78, 5) is 12.6. The second kappa shape index (κ2) is 9.05. The molecule has 1 amide bonds. The molecule has 0 spiro atoms. The summed E-state index contributed by atoms with van der Waals surface area (Å²) in [6.45, 7) is 7.74. The number of rotatable bonds is 7. The van der Waals surface area contributed by atoms with Crippen LogP contribution in [0.1, 0.15) is 48.2 Å². The molecule has 6 heteroatoms. The summed E-state index contributed by atoms with van der Waals surface area (Å²) in [6, 6.07) is 12.6. The summed E-state index contributed by atoms with van der Waals surface area (Å²) < 4.78 is 7.79. The smallest absolute Gasteiger partial charge is 0.280 e. The van der Waals surface area contributed by atoms with Crippen molar-refractivity contribution in [3.05, 3.63) is 52.7 Å². The molecule has 2 atom stereocenters. The molecule has 1 saturated heterocycles. The lowest BCUT2D eigenvalue weighted by Gasteiger charge is -2.17. The molecule has 2 heterocycles. The molecule has 0 unspecified atom stereocenters. The van der Waals surface area contributed by atoms with E-state index in [1.54, 1.807) is 0 Å². The summed E-state index contributed by atoms with van der Waals surface area (Å²) in [5.41, 5.74) is 3.64.